The molecule has 1 N–H and O–H groups in total. The van der Waals surface area contributed by atoms with Crippen molar-refractivity contribution in [3.05, 3.63) is 87.3 Å². The molecule has 17 heteroatoms. The topological polar surface area (TPSA) is 12.0 Å². The van der Waals surface area contributed by atoms with Crippen molar-refractivity contribution in [1.82, 2.24) is 5.23 Å². The molecule has 3 aromatic carbocycles. The molecule has 0 saturated carbocycles. The number of rotatable bonds is 4. The quantitative estimate of drug-likeness (QED) is 0.194. The van der Waals surface area contributed by atoms with Gasteiger partial charge in [0.25, 0.3) is 0 Å². The maximum absolute atomic E-state index is 15.2. The number of halogens is 15. The molecule has 3 aromatic rings. The van der Waals surface area contributed by atoms with Crippen LogP contribution < -0.4 is 21.6 Å². The van der Waals surface area contributed by atoms with Crippen LogP contribution in [-0.4, -0.2) is 11.8 Å². The summed E-state index contributed by atoms with van der Waals surface area (Å²) < 4.78 is 218. The monoisotopic (exact) mass is 584 g/mol. The third-order valence-corrected chi connectivity index (χ3v) is 5.68. The lowest BCUT2D eigenvalue weighted by atomic mass is 9.23. The van der Waals surface area contributed by atoms with Crippen LogP contribution in [0.1, 0.15) is 20.8 Å². The summed E-state index contributed by atoms with van der Waals surface area (Å²) >= 11 is 0. The zero-order chi connectivity index (χ0) is 30.1. The molecule has 3 rings (SSSR count). The largest absolute Gasteiger partial charge is 0.472 e. The van der Waals surface area contributed by atoms with Gasteiger partial charge in [-0.3, -0.25) is 0 Å². The van der Waals surface area contributed by atoms with E-state index in [2.05, 4.69) is 0 Å². The number of hydrogen-bond donors (Lipinski definition) is 1. The molecule has 0 saturated heterocycles. The summed E-state index contributed by atoms with van der Waals surface area (Å²) in [5.74, 6) is -45.6. The van der Waals surface area contributed by atoms with E-state index in [-0.39, 0.29) is 0 Å². The zero-order valence-corrected chi connectivity index (χ0v) is 19.2. The molecule has 0 unspecified atom stereocenters. The van der Waals surface area contributed by atoms with E-state index in [0.717, 1.165) is 20.8 Å². The van der Waals surface area contributed by atoms with Gasteiger partial charge in [0.1, 0.15) is 34.9 Å². The third kappa shape index (κ3) is 4.30. The highest BCUT2D eigenvalue weighted by atomic mass is 19.2. The van der Waals surface area contributed by atoms with Crippen molar-refractivity contribution < 1.29 is 65.9 Å². The van der Waals surface area contributed by atoms with Crippen molar-refractivity contribution in [3.63, 3.8) is 0 Å². The molecule has 0 bridgehead atoms. The summed E-state index contributed by atoms with van der Waals surface area (Å²) in [5.41, 5.74) is -10.2. The summed E-state index contributed by atoms with van der Waals surface area (Å²) in [7, 11) is 0. The zero-order valence-electron chi connectivity index (χ0n) is 19.2. The highest BCUT2D eigenvalue weighted by Gasteiger charge is 2.49. The third-order valence-electron chi connectivity index (χ3n) is 5.68. The van der Waals surface area contributed by atoms with Gasteiger partial charge >= 0.3 is 0 Å². The first kappa shape index (κ1) is 30.2. The maximum Gasteiger partial charge on any atom is 0.200 e. The van der Waals surface area contributed by atoms with Crippen molar-refractivity contribution in [2.24, 2.45) is 0 Å². The maximum atomic E-state index is 15.2. The van der Waals surface area contributed by atoms with Gasteiger partial charge in [-0.1, -0.05) is 20.8 Å². The van der Waals surface area contributed by atoms with Crippen LogP contribution in [0.15, 0.2) is 0 Å². The minimum atomic E-state index is -5.75. The van der Waals surface area contributed by atoms with E-state index in [1.165, 1.54) is 0 Å². The molecule has 0 aliphatic rings. The van der Waals surface area contributed by atoms with E-state index in [1.54, 1.807) is 5.23 Å². The van der Waals surface area contributed by atoms with Gasteiger partial charge in [-0.25, -0.2) is 65.9 Å². The highest BCUT2D eigenvalue weighted by molar-refractivity contribution is 7.10. The second-order valence-electron chi connectivity index (χ2n) is 9.21. The number of nitrogens with one attached hydrogen (secondary N) is 1. The fraction of sp³-hybridized carbons (Fsp3) is 0.182. The van der Waals surface area contributed by atoms with Crippen LogP contribution in [0, 0.1) is 87.3 Å². The summed E-state index contributed by atoms with van der Waals surface area (Å²) in [6.07, 6.45) is -5.75. The van der Waals surface area contributed by atoms with E-state index in [4.69, 9.17) is 0 Å². The van der Waals surface area contributed by atoms with Gasteiger partial charge in [-0.2, -0.15) is 0 Å². The predicted molar refractivity (Wildman–Crippen MR) is 106 cm³/mol. The summed E-state index contributed by atoms with van der Waals surface area (Å²) in [6, 6.07) is 0. The summed E-state index contributed by atoms with van der Waals surface area (Å²) in [6.45, 7) is 2.48. The van der Waals surface area contributed by atoms with Crippen LogP contribution in [0.5, 0.6) is 0 Å². The van der Waals surface area contributed by atoms with E-state index in [9.17, 15) is 39.5 Å². The molecule has 0 amide bonds. The average Bonchev–Trinajstić information content (AvgIpc) is 2.85. The Hall–Kier alpha value is -3.37. The molecule has 0 fully saturated rings. The van der Waals surface area contributed by atoms with Crippen molar-refractivity contribution in [3.8, 4) is 0 Å². The van der Waals surface area contributed by atoms with Gasteiger partial charge in [-0.05, 0) is 5.54 Å². The van der Waals surface area contributed by atoms with Crippen molar-refractivity contribution in [2.45, 2.75) is 26.3 Å². The first-order chi connectivity index (χ1) is 17.7. The minimum absolute atomic E-state index is 0.827. The summed E-state index contributed by atoms with van der Waals surface area (Å²) in [4.78, 5) is 0. The number of hydrogen-bond acceptors (Lipinski definition) is 1. The second kappa shape index (κ2) is 9.68. The van der Waals surface area contributed by atoms with E-state index < -0.39 is 115 Å². The Balaban J connectivity index is 2.93. The Labute approximate surface area is 208 Å². The van der Waals surface area contributed by atoms with Crippen molar-refractivity contribution in [2.75, 3.05) is 0 Å². The molecule has 212 valence electrons. The van der Waals surface area contributed by atoms with Crippen LogP contribution >= 0.6 is 0 Å². The lowest BCUT2D eigenvalue weighted by Crippen LogP contribution is -2.83. The van der Waals surface area contributed by atoms with Crippen LogP contribution in [0.25, 0.3) is 0 Å². The Kier molecular flexibility index (Phi) is 7.49. The van der Waals surface area contributed by atoms with Gasteiger partial charge < -0.3 is 5.23 Å². The lowest BCUT2D eigenvalue weighted by Gasteiger charge is -2.49. The summed E-state index contributed by atoms with van der Waals surface area (Å²) in [5, 5.41) is 1.64. The normalized spacial score (nSPS) is 12.5. The van der Waals surface area contributed by atoms with E-state index >= 15 is 26.3 Å². The molecule has 0 radical (unpaired) electrons. The van der Waals surface area contributed by atoms with E-state index in [1.807, 2.05) is 0 Å². The standard InChI is InChI=1S/C22H10BF15N/c1-22(2,3)39-23(4-7(24)13(30)19(36)14(31)8(4)25,5-9(26)15(32)20(37)16(33)10(5)27)6-11(28)17(34)21(38)18(35)12(6)29/h39H,1-3H3/q-1. The van der Waals surface area contributed by atoms with Crippen LogP contribution in [-0.2, 0) is 0 Å². The smallest absolute Gasteiger partial charge is 0.200 e. The van der Waals surface area contributed by atoms with Gasteiger partial charge in [0.05, 0.1) is 0 Å². The molecular formula is C22H10BF15N-. The molecule has 39 heavy (non-hydrogen) atoms. The van der Waals surface area contributed by atoms with Crippen LogP contribution in [0.4, 0.5) is 65.9 Å². The molecule has 1 nitrogen and oxygen atoms in total. The van der Waals surface area contributed by atoms with Crippen LogP contribution in [0.3, 0.4) is 0 Å². The molecule has 0 spiro atoms. The van der Waals surface area contributed by atoms with Crippen molar-refractivity contribution in [1.29, 1.82) is 0 Å². The average molecular weight is 584 g/mol. The van der Waals surface area contributed by atoms with Gasteiger partial charge in [-0.15, -0.1) is 16.4 Å². The molecule has 0 aliphatic heterocycles. The van der Waals surface area contributed by atoms with Gasteiger partial charge in [0.15, 0.2) is 58.6 Å². The Morgan fingerprint density at radius 3 is 0.641 bits per heavy atom. The predicted octanol–water partition coefficient (Wildman–Crippen LogP) is 5.13. The Bertz CT molecular complexity index is 1270. The molecular weight excluding hydrogens is 574 g/mol. The van der Waals surface area contributed by atoms with Crippen LogP contribution in [0.2, 0.25) is 0 Å². The fourth-order valence-corrected chi connectivity index (χ4v) is 4.31. The van der Waals surface area contributed by atoms with Gasteiger partial charge in [0, 0.05) is 0 Å². The molecule has 0 aromatic heterocycles. The fourth-order valence-electron chi connectivity index (χ4n) is 4.31. The first-order valence-corrected chi connectivity index (χ1v) is 10.2. The Morgan fingerprint density at radius 2 is 0.487 bits per heavy atom. The second-order valence-corrected chi connectivity index (χ2v) is 9.21. The SMILES string of the molecule is CC(C)(C)N[B-](c1c(F)c(F)c(F)c(F)c1F)(c1c(F)c(F)c(F)c(F)c1F)c1c(F)c(F)c(F)c(F)c1F. The first-order valence-electron chi connectivity index (χ1n) is 10.2. The highest BCUT2D eigenvalue weighted by Crippen LogP contribution is 2.28. The molecule has 0 heterocycles. The van der Waals surface area contributed by atoms with E-state index in [0.29, 0.717) is 0 Å². The Morgan fingerprint density at radius 1 is 0.333 bits per heavy atom. The molecule has 0 atom stereocenters. The minimum Gasteiger partial charge on any atom is -0.472 e. The van der Waals surface area contributed by atoms with Crippen molar-refractivity contribution >= 4 is 22.7 Å². The van der Waals surface area contributed by atoms with Gasteiger partial charge in [0.2, 0.25) is 0 Å². The number of benzene rings is 3. The lowest BCUT2D eigenvalue weighted by molar-refractivity contribution is 0.378. The molecule has 0 aliphatic carbocycles.